The fourth-order valence-corrected chi connectivity index (χ4v) is 5.80. The van der Waals surface area contributed by atoms with Crippen LogP contribution in [0, 0.1) is 5.92 Å². The Morgan fingerprint density at radius 3 is 1.60 bits per heavy atom. The van der Waals surface area contributed by atoms with Crippen molar-refractivity contribution in [1.29, 1.82) is 0 Å². The highest BCUT2D eigenvalue weighted by molar-refractivity contribution is 7.53. The molecule has 0 N–H and O–H groups in total. The van der Waals surface area contributed by atoms with E-state index in [0.717, 1.165) is 43.1 Å². The van der Waals surface area contributed by atoms with Crippen LogP contribution in [0.2, 0.25) is 0 Å². The minimum Gasteiger partial charge on any atom is -0.349 e. The van der Waals surface area contributed by atoms with E-state index in [-0.39, 0.29) is 20.1 Å². The summed E-state index contributed by atoms with van der Waals surface area (Å²) in [7, 11) is 6.16. The molecule has 0 spiro atoms. The van der Waals surface area contributed by atoms with Gasteiger partial charge in [0.05, 0.1) is 35.9 Å². The van der Waals surface area contributed by atoms with Crippen LogP contribution in [0.5, 0.6) is 0 Å². The molecule has 0 aliphatic carbocycles. The number of rotatable bonds is 32. The van der Waals surface area contributed by atoms with Crippen molar-refractivity contribution in [2.75, 3.05) is 34.3 Å². The van der Waals surface area contributed by atoms with Crippen LogP contribution in [0.25, 0.3) is 0 Å². The number of unbranched alkanes of at least 4 members (excludes halogenated alkanes) is 17. The molecular weight excluding hydrogens is 537 g/mol. The van der Waals surface area contributed by atoms with Crippen molar-refractivity contribution in [1.82, 2.24) is 0 Å². The van der Waals surface area contributed by atoms with E-state index in [1.807, 2.05) is 0 Å². The lowest BCUT2D eigenvalue weighted by Gasteiger charge is -2.23. The van der Waals surface area contributed by atoms with Crippen LogP contribution < -0.4 is 0 Å². The van der Waals surface area contributed by atoms with Crippen molar-refractivity contribution in [3.05, 3.63) is 24.3 Å². The quantitative estimate of drug-likeness (QED) is 0.0251. The zero-order valence-electron chi connectivity index (χ0n) is 28.7. The molecule has 2 atom stereocenters. The van der Waals surface area contributed by atoms with E-state index in [9.17, 15) is 9.59 Å². The molecule has 0 fully saturated rings. The Balaban J connectivity index is 4.28. The summed E-state index contributed by atoms with van der Waals surface area (Å²) >= 11 is 0. The SMILES string of the molecule is CCCCC=CCCCCCCCC(=O)C(CCCCCCC=CCCCCCCCC)C(=O)POCC[N+](C)(C)C. The first-order valence-corrected chi connectivity index (χ1v) is 18.8. The van der Waals surface area contributed by atoms with Gasteiger partial charge >= 0.3 is 0 Å². The Morgan fingerprint density at radius 2 is 1.07 bits per heavy atom. The molecular formula is C37H71NO3P+. The molecule has 0 aromatic heterocycles. The molecule has 0 saturated carbocycles. The van der Waals surface area contributed by atoms with Crippen LogP contribution in [-0.2, 0) is 14.1 Å². The van der Waals surface area contributed by atoms with Gasteiger partial charge in [0.25, 0.3) is 0 Å². The molecule has 0 rings (SSSR count). The summed E-state index contributed by atoms with van der Waals surface area (Å²) in [5.74, 6) is -0.308. The smallest absolute Gasteiger partial charge is 0.189 e. The van der Waals surface area contributed by atoms with Crippen LogP contribution in [0.4, 0.5) is 0 Å². The van der Waals surface area contributed by atoms with Crippen molar-refractivity contribution in [3.63, 3.8) is 0 Å². The third-order valence-electron chi connectivity index (χ3n) is 7.93. The topological polar surface area (TPSA) is 43.4 Å². The molecule has 0 amide bonds. The summed E-state index contributed by atoms with van der Waals surface area (Å²) < 4.78 is 6.55. The molecule has 0 radical (unpaired) electrons. The number of Topliss-reactive ketones (excluding diaryl/α,β-unsaturated/α-hetero) is 1. The van der Waals surface area contributed by atoms with Crippen LogP contribution in [0.15, 0.2) is 24.3 Å². The van der Waals surface area contributed by atoms with Gasteiger partial charge in [0.2, 0.25) is 0 Å². The molecule has 42 heavy (non-hydrogen) atoms. The maximum Gasteiger partial charge on any atom is 0.189 e. The maximum atomic E-state index is 13.1. The molecule has 0 aliphatic rings. The van der Waals surface area contributed by atoms with E-state index in [1.165, 1.54) is 103 Å². The first kappa shape index (κ1) is 41.2. The van der Waals surface area contributed by atoms with Gasteiger partial charge in [-0.3, -0.25) is 9.59 Å². The van der Waals surface area contributed by atoms with E-state index in [0.29, 0.717) is 19.4 Å². The first-order chi connectivity index (χ1) is 20.3. The zero-order chi connectivity index (χ0) is 31.2. The Morgan fingerprint density at radius 1 is 0.619 bits per heavy atom. The molecule has 0 aromatic carbocycles. The van der Waals surface area contributed by atoms with E-state index in [2.05, 4.69) is 59.3 Å². The van der Waals surface area contributed by atoms with Gasteiger partial charge in [-0.2, -0.15) is 0 Å². The highest BCUT2D eigenvalue weighted by Gasteiger charge is 2.26. The van der Waals surface area contributed by atoms with Gasteiger partial charge in [-0.25, -0.2) is 0 Å². The van der Waals surface area contributed by atoms with Gasteiger partial charge in [-0.1, -0.05) is 122 Å². The number of hydrogen-bond acceptors (Lipinski definition) is 3. The summed E-state index contributed by atoms with van der Waals surface area (Å²) in [5, 5.41) is 0. The minimum atomic E-state index is -0.460. The average Bonchev–Trinajstić information content (AvgIpc) is 2.95. The predicted octanol–water partition coefficient (Wildman–Crippen LogP) is 11.1. The standard InChI is InChI=1S/C37H71NO3P/c1-6-8-10-12-14-16-18-19-20-22-23-25-27-29-31-35(37(40)42-41-34-33-38(3,4)5)36(39)32-30-28-26-24-21-17-15-13-11-9-7-2/h13,15,19-20,35,42H,6-12,14,16-18,21-34H2,1-5H3/q+1. The van der Waals surface area contributed by atoms with Crippen molar-refractivity contribution in [2.45, 2.75) is 162 Å². The van der Waals surface area contributed by atoms with Crippen LogP contribution in [0.3, 0.4) is 0 Å². The number of hydrogen-bond donors (Lipinski definition) is 0. The fourth-order valence-electron chi connectivity index (χ4n) is 5.02. The first-order valence-electron chi connectivity index (χ1n) is 17.9. The number of carbonyl (C=O) groups excluding carboxylic acids is 2. The van der Waals surface area contributed by atoms with Gasteiger partial charge in [-0.15, -0.1) is 0 Å². The number of allylic oxidation sites excluding steroid dienone is 4. The third kappa shape index (κ3) is 29.3. The van der Waals surface area contributed by atoms with Crippen molar-refractivity contribution >= 4 is 20.1 Å². The van der Waals surface area contributed by atoms with Crippen molar-refractivity contribution < 1.29 is 18.6 Å². The van der Waals surface area contributed by atoms with Gasteiger partial charge in [0.1, 0.15) is 18.9 Å². The summed E-state index contributed by atoms with van der Waals surface area (Å²) in [6, 6.07) is 0. The average molecular weight is 609 g/mol. The molecule has 0 aromatic rings. The van der Waals surface area contributed by atoms with Gasteiger partial charge < -0.3 is 9.01 Å². The van der Waals surface area contributed by atoms with Crippen molar-refractivity contribution in [3.8, 4) is 0 Å². The normalized spacial score (nSPS) is 13.3. The number of nitrogens with zero attached hydrogens (tertiary/aromatic N) is 1. The highest BCUT2D eigenvalue weighted by Crippen LogP contribution is 2.26. The molecule has 2 unspecified atom stereocenters. The van der Waals surface area contributed by atoms with Crippen molar-refractivity contribution in [2.24, 2.45) is 5.92 Å². The van der Waals surface area contributed by atoms with Crippen LogP contribution >= 0.6 is 8.81 Å². The molecule has 0 saturated heterocycles. The number of likely N-dealkylation sites (N-methyl/N-ethyl adjacent to an activating group) is 1. The lowest BCUT2D eigenvalue weighted by Crippen LogP contribution is -2.37. The fraction of sp³-hybridized carbons (Fsp3) is 0.838. The van der Waals surface area contributed by atoms with Gasteiger partial charge in [0.15, 0.2) is 5.52 Å². The van der Waals surface area contributed by atoms with E-state index in [1.54, 1.807) is 0 Å². The Hall–Kier alpha value is -0.830. The second kappa shape index (κ2) is 30.2. The molecule has 246 valence electrons. The summed E-state index contributed by atoms with van der Waals surface area (Å²) in [6.07, 6.45) is 36.1. The Bertz CT molecular complexity index is 683. The van der Waals surface area contributed by atoms with Crippen LogP contribution in [0.1, 0.15) is 162 Å². The second-order valence-electron chi connectivity index (χ2n) is 13.3. The third-order valence-corrected chi connectivity index (χ3v) is 8.83. The monoisotopic (exact) mass is 609 g/mol. The van der Waals surface area contributed by atoms with Gasteiger partial charge in [-0.05, 0) is 57.8 Å². The number of carbonyl (C=O) groups is 2. The highest BCUT2D eigenvalue weighted by atomic mass is 31.1. The molecule has 4 nitrogen and oxygen atoms in total. The lowest BCUT2D eigenvalue weighted by atomic mass is 9.94. The summed E-state index contributed by atoms with van der Waals surface area (Å²) in [6.45, 7) is 5.93. The number of ketones is 1. The Kier molecular flexibility index (Phi) is 29.6. The summed E-state index contributed by atoms with van der Waals surface area (Å²) in [5.41, 5.74) is 0.0221. The van der Waals surface area contributed by atoms with E-state index in [4.69, 9.17) is 4.52 Å². The second-order valence-corrected chi connectivity index (χ2v) is 14.3. The van der Waals surface area contributed by atoms with E-state index < -0.39 is 5.92 Å². The predicted molar refractivity (Wildman–Crippen MR) is 186 cm³/mol. The maximum absolute atomic E-state index is 13.1. The molecule has 0 aliphatic heterocycles. The molecule has 0 bridgehead atoms. The molecule has 0 heterocycles. The minimum absolute atomic E-state index is 0.0221. The zero-order valence-corrected chi connectivity index (χ0v) is 29.7. The van der Waals surface area contributed by atoms with E-state index >= 15 is 0 Å². The lowest BCUT2D eigenvalue weighted by molar-refractivity contribution is -0.870. The van der Waals surface area contributed by atoms with Gasteiger partial charge in [0, 0.05) is 6.42 Å². The largest absolute Gasteiger partial charge is 0.349 e. The summed E-state index contributed by atoms with van der Waals surface area (Å²) in [4.78, 5) is 26.1. The van der Waals surface area contributed by atoms with Crippen LogP contribution in [-0.4, -0.2) is 50.1 Å². The number of quaternary nitrogens is 1. The molecule has 5 heteroatoms. The Labute approximate surface area is 264 Å².